The third-order valence-corrected chi connectivity index (χ3v) is 4.06. The fourth-order valence-electron chi connectivity index (χ4n) is 2.96. The van der Waals surface area contributed by atoms with Crippen LogP contribution in [-0.4, -0.2) is 25.4 Å². The molecular formula is C19H15N3O2. The van der Waals surface area contributed by atoms with Gasteiger partial charge in [-0.3, -0.25) is 5.10 Å². The van der Waals surface area contributed by atoms with Crippen LogP contribution in [0.4, 0.5) is 0 Å². The van der Waals surface area contributed by atoms with Gasteiger partial charge in [-0.1, -0.05) is 24.3 Å². The van der Waals surface area contributed by atoms with Gasteiger partial charge in [0.25, 0.3) is 0 Å². The Hall–Kier alpha value is -3.34. The molecule has 0 aliphatic heterocycles. The van der Waals surface area contributed by atoms with Gasteiger partial charge in [-0.05, 0) is 30.7 Å². The Bertz CT molecular complexity index is 1030. The highest BCUT2D eigenvalue weighted by atomic mass is 16.3. The number of para-hydroxylation sites is 1. The molecule has 5 nitrogen and oxygen atoms in total. The molecule has 0 aliphatic rings. The van der Waals surface area contributed by atoms with Crippen molar-refractivity contribution in [2.75, 3.05) is 0 Å². The number of benzene rings is 2. The Labute approximate surface area is 138 Å². The second-order valence-electron chi connectivity index (χ2n) is 5.70. The van der Waals surface area contributed by atoms with Crippen LogP contribution < -0.4 is 0 Å². The number of pyridine rings is 1. The molecule has 0 radical (unpaired) electrons. The molecule has 0 fully saturated rings. The lowest BCUT2D eigenvalue weighted by Crippen LogP contribution is -1.90. The summed E-state index contributed by atoms with van der Waals surface area (Å²) < 4.78 is 0. The van der Waals surface area contributed by atoms with Crippen LogP contribution in [0.25, 0.3) is 33.4 Å². The van der Waals surface area contributed by atoms with Crippen LogP contribution in [-0.2, 0) is 0 Å². The average molecular weight is 317 g/mol. The van der Waals surface area contributed by atoms with Crippen LogP contribution in [0, 0.1) is 6.92 Å². The first-order valence-corrected chi connectivity index (χ1v) is 7.56. The number of fused-ring (bicyclic) bond motifs is 1. The second kappa shape index (κ2) is 5.38. The predicted octanol–water partition coefficient (Wildman–Crippen LogP) is 4.01. The summed E-state index contributed by atoms with van der Waals surface area (Å²) in [5.41, 5.74) is 4.49. The lowest BCUT2D eigenvalue weighted by Gasteiger charge is -2.10. The molecule has 0 saturated carbocycles. The molecule has 24 heavy (non-hydrogen) atoms. The zero-order chi connectivity index (χ0) is 16.7. The van der Waals surface area contributed by atoms with Gasteiger partial charge in [-0.2, -0.15) is 5.10 Å². The van der Waals surface area contributed by atoms with Crippen LogP contribution in [0.5, 0.6) is 11.5 Å². The van der Waals surface area contributed by atoms with Crippen molar-refractivity contribution in [3.63, 3.8) is 0 Å². The molecular weight excluding hydrogens is 302 g/mol. The van der Waals surface area contributed by atoms with Gasteiger partial charge in [0.05, 0.1) is 23.1 Å². The molecule has 2 heterocycles. The van der Waals surface area contributed by atoms with Gasteiger partial charge in [0, 0.05) is 22.6 Å². The fraction of sp³-hybridized carbons (Fsp3) is 0.0526. The van der Waals surface area contributed by atoms with Crippen molar-refractivity contribution in [2.45, 2.75) is 6.92 Å². The maximum absolute atomic E-state index is 10.3. The van der Waals surface area contributed by atoms with Crippen LogP contribution in [0.15, 0.2) is 54.7 Å². The average Bonchev–Trinajstić information content (AvgIpc) is 3.02. The molecule has 4 aromatic rings. The van der Waals surface area contributed by atoms with Gasteiger partial charge in [0.15, 0.2) is 0 Å². The Morgan fingerprint density at radius 1 is 1.00 bits per heavy atom. The zero-order valence-corrected chi connectivity index (χ0v) is 13.0. The van der Waals surface area contributed by atoms with Crippen molar-refractivity contribution in [1.82, 2.24) is 15.2 Å². The van der Waals surface area contributed by atoms with E-state index in [2.05, 4.69) is 15.2 Å². The molecule has 0 unspecified atom stereocenters. The first kappa shape index (κ1) is 14.3. The van der Waals surface area contributed by atoms with E-state index in [4.69, 9.17) is 0 Å². The van der Waals surface area contributed by atoms with Crippen molar-refractivity contribution >= 4 is 10.9 Å². The van der Waals surface area contributed by atoms with Crippen molar-refractivity contribution in [2.24, 2.45) is 0 Å². The Morgan fingerprint density at radius 2 is 1.83 bits per heavy atom. The van der Waals surface area contributed by atoms with Gasteiger partial charge in [0.2, 0.25) is 0 Å². The van der Waals surface area contributed by atoms with E-state index in [0.717, 1.165) is 27.7 Å². The van der Waals surface area contributed by atoms with Crippen molar-refractivity contribution in [3.8, 4) is 34.0 Å². The molecule has 4 rings (SSSR count). The third-order valence-electron chi connectivity index (χ3n) is 4.06. The van der Waals surface area contributed by atoms with Gasteiger partial charge in [-0.25, -0.2) is 4.98 Å². The number of aromatic nitrogens is 3. The Balaban J connectivity index is 1.91. The topological polar surface area (TPSA) is 82.0 Å². The highest BCUT2D eigenvalue weighted by Gasteiger charge is 2.17. The van der Waals surface area contributed by atoms with E-state index >= 15 is 0 Å². The highest BCUT2D eigenvalue weighted by molar-refractivity contribution is 5.87. The Morgan fingerprint density at radius 3 is 2.67 bits per heavy atom. The molecule has 2 aromatic heterocycles. The standard InChI is InChI=1S/C19H15N3O2/c1-11-8-13(23)9-17(24)18(11)19-14(10-20-22-19)16-7-6-12-4-2-3-5-15(12)21-16/h2-10,23-24H,1H3,(H,20,22). The largest absolute Gasteiger partial charge is 0.508 e. The third kappa shape index (κ3) is 2.27. The molecule has 0 atom stereocenters. The molecule has 0 spiro atoms. The second-order valence-corrected chi connectivity index (χ2v) is 5.70. The van der Waals surface area contributed by atoms with E-state index in [1.54, 1.807) is 12.3 Å². The molecule has 0 amide bonds. The first-order valence-electron chi connectivity index (χ1n) is 7.56. The number of nitrogens with zero attached hydrogens (tertiary/aromatic N) is 2. The van der Waals surface area contributed by atoms with E-state index in [-0.39, 0.29) is 11.5 Å². The number of rotatable bonds is 2. The minimum absolute atomic E-state index is 0.00112. The molecule has 0 aliphatic carbocycles. The number of phenolic OH excluding ortho intramolecular Hbond substituents is 2. The normalized spacial score (nSPS) is 11.0. The van der Waals surface area contributed by atoms with Crippen molar-refractivity contribution in [3.05, 3.63) is 60.3 Å². The number of hydrogen-bond donors (Lipinski definition) is 3. The molecule has 0 bridgehead atoms. The minimum Gasteiger partial charge on any atom is -0.508 e. The molecule has 2 aromatic carbocycles. The number of aromatic hydroxyl groups is 2. The number of phenols is 2. The van der Waals surface area contributed by atoms with Gasteiger partial charge in [-0.15, -0.1) is 0 Å². The molecule has 0 saturated heterocycles. The van der Waals surface area contributed by atoms with Crippen molar-refractivity contribution < 1.29 is 10.2 Å². The summed E-state index contributed by atoms with van der Waals surface area (Å²) in [5, 5.41) is 28.0. The number of aryl methyl sites for hydroxylation is 1. The van der Waals surface area contributed by atoms with E-state index in [1.807, 2.05) is 43.3 Å². The number of nitrogens with one attached hydrogen (secondary N) is 1. The minimum atomic E-state index is -0.00112. The summed E-state index contributed by atoms with van der Waals surface area (Å²) in [5.74, 6) is 0.0254. The summed E-state index contributed by atoms with van der Waals surface area (Å²) in [6, 6.07) is 14.8. The lowest BCUT2D eigenvalue weighted by atomic mass is 9.99. The van der Waals surface area contributed by atoms with Crippen LogP contribution in [0.2, 0.25) is 0 Å². The number of H-pyrrole nitrogens is 1. The van der Waals surface area contributed by atoms with Crippen LogP contribution >= 0.6 is 0 Å². The lowest BCUT2D eigenvalue weighted by molar-refractivity contribution is 0.451. The monoisotopic (exact) mass is 317 g/mol. The summed E-state index contributed by atoms with van der Waals surface area (Å²) in [6.07, 6.45) is 1.69. The summed E-state index contributed by atoms with van der Waals surface area (Å²) in [4.78, 5) is 4.69. The summed E-state index contributed by atoms with van der Waals surface area (Å²) >= 11 is 0. The number of hydrogen-bond acceptors (Lipinski definition) is 4. The summed E-state index contributed by atoms with van der Waals surface area (Å²) in [6.45, 7) is 1.83. The van der Waals surface area contributed by atoms with E-state index in [9.17, 15) is 10.2 Å². The zero-order valence-electron chi connectivity index (χ0n) is 13.0. The van der Waals surface area contributed by atoms with Crippen LogP contribution in [0.1, 0.15) is 5.56 Å². The van der Waals surface area contributed by atoms with Crippen LogP contribution in [0.3, 0.4) is 0 Å². The van der Waals surface area contributed by atoms with E-state index in [1.165, 1.54) is 6.07 Å². The van der Waals surface area contributed by atoms with E-state index in [0.29, 0.717) is 11.3 Å². The first-order chi connectivity index (χ1) is 11.6. The maximum atomic E-state index is 10.3. The SMILES string of the molecule is Cc1cc(O)cc(O)c1-c1[nH]ncc1-c1ccc2ccccc2n1. The molecule has 3 N–H and O–H groups in total. The van der Waals surface area contributed by atoms with Gasteiger partial charge in [0.1, 0.15) is 11.5 Å². The quantitative estimate of drug-likeness (QED) is 0.521. The van der Waals surface area contributed by atoms with E-state index < -0.39 is 0 Å². The van der Waals surface area contributed by atoms with Crippen molar-refractivity contribution in [1.29, 1.82) is 0 Å². The molecule has 118 valence electrons. The van der Waals surface area contributed by atoms with Gasteiger partial charge < -0.3 is 10.2 Å². The summed E-state index contributed by atoms with van der Waals surface area (Å²) in [7, 11) is 0. The highest BCUT2D eigenvalue weighted by Crippen LogP contribution is 2.39. The predicted molar refractivity (Wildman–Crippen MR) is 92.8 cm³/mol. The Kier molecular flexibility index (Phi) is 3.20. The van der Waals surface area contributed by atoms with Gasteiger partial charge >= 0.3 is 0 Å². The fourth-order valence-corrected chi connectivity index (χ4v) is 2.96. The smallest absolute Gasteiger partial charge is 0.128 e. The maximum Gasteiger partial charge on any atom is 0.128 e. The number of aromatic amines is 1. The molecule has 5 heteroatoms.